The van der Waals surface area contributed by atoms with Gasteiger partial charge in [0.1, 0.15) is 19.3 Å². The summed E-state index contributed by atoms with van der Waals surface area (Å²) in [7, 11) is -9.91. The maximum Gasteiger partial charge on any atom is 0.472 e. The van der Waals surface area contributed by atoms with Crippen LogP contribution >= 0.6 is 15.6 Å². The Morgan fingerprint density at radius 2 is 0.469 bits per heavy atom. The van der Waals surface area contributed by atoms with Gasteiger partial charge in [-0.25, -0.2) is 9.13 Å². The fourth-order valence-corrected chi connectivity index (χ4v) is 13.7. The van der Waals surface area contributed by atoms with Crippen molar-refractivity contribution in [2.45, 2.75) is 426 Å². The number of ether oxygens (including phenoxy) is 4. The summed E-state index contributed by atoms with van der Waals surface area (Å²) in [6.07, 6.45) is 57.3. The molecule has 5 atom stereocenters. The van der Waals surface area contributed by atoms with Gasteiger partial charge < -0.3 is 33.8 Å². The average molecular weight is 1440 g/mol. The number of carbonyl (C=O) groups excluding carboxylic acids is 4. The normalized spacial score (nSPS) is 14.0. The van der Waals surface area contributed by atoms with E-state index in [2.05, 4.69) is 48.5 Å². The number of hydrogen-bond acceptors (Lipinski definition) is 15. The van der Waals surface area contributed by atoms with E-state index in [1.165, 1.54) is 212 Å². The van der Waals surface area contributed by atoms with Gasteiger partial charge in [0.25, 0.3) is 0 Å². The molecule has 0 aliphatic heterocycles. The zero-order chi connectivity index (χ0) is 72.3. The second kappa shape index (κ2) is 69.4. The molecular weight excluding hydrogens is 1280 g/mol. The molecule has 0 spiro atoms. The van der Waals surface area contributed by atoms with E-state index in [1.54, 1.807) is 0 Å². The molecule has 0 aliphatic carbocycles. The second-order valence-electron chi connectivity index (χ2n) is 29.9. The molecule has 2 unspecified atom stereocenters. The van der Waals surface area contributed by atoms with Crippen LogP contribution in [0.3, 0.4) is 0 Å². The van der Waals surface area contributed by atoms with Crippen molar-refractivity contribution in [3.05, 3.63) is 0 Å². The number of aliphatic hydroxyl groups is 1. The minimum absolute atomic E-state index is 0.106. The summed E-state index contributed by atoms with van der Waals surface area (Å²) in [6, 6.07) is 0. The van der Waals surface area contributed by atoms with Crippen LogP contribution in [0, 0.1) is 17.8 Å². The van der Waals surface area contributed by atoms with E-state index in [-0.39, 0.29) is 25.7 Å². The minimum atomic E-state index is -4.96. The Balaban J connectivity index is 5.12. The number of phosphoric ester groups is 2. The van der Waals surface area contributed by atoms with Gasteiger partial charge in [0.2, 0.25) is 0 Å². The van der Waals surface area contributed by atoms with Crippen LogP contribution in [0.2, 0.25) is 0 Å². The van der Waals surface area contributed by atoms with Crippen molar-refractivity contribution < 1.29 is 80.2 Å². The molecule has 0 aliphatic rings. The van der Waals surface area contributed by atoms with Crippen LogP contribution in [0.5, 0.6) is 0 Å². The number of phosphoric acid groups is 2. The lowest BCUT2D eigenvalue weighted by Gasteiger charge is -2.21. The van der Waals surface area contributed by atoms with Crippen molar-refractivity contribution in [2.24, 2.45) is 17.8 Å². The van der Waals surface area contributed by atoms with Crippen LogP contribution in [0.15, 0.2) is 0 Å². The topological polar surface area (TPSA) is 237 Å². The lowest BCUT2D eigenvalue weighted by molar-refractivity contribution is -0.161. The van der Waals surface area contributed by atoms with Gasteiger partial charge in [0.15, 0.2) is 12.2 Å². The van der Waals surface area contributed by atoms with E-state index >= 15 is 0 Å². The highest BCUT2D eigenvalue weighted by Gasteiger charge is 2.30. The Kier molecular flexibility index (Phi) is 68.1. The first kappa shape index (κ1) is 96.1. The highest BCUT2D eigenvalue weighted by atomic mass is 31.2. The van der Waals surface area contributed by atoms with Gasteiger partial charge in [-0.15, -0.1) is 0 Å². The summed E-state index contributed by atoms with van der Waals surface area (Å²) in [5, 5.41) is 10.6. The van der Waals surface area contributed by atoms with E-state index in [1.807, 2.05) is 0 Å². The maximum atomic E-state index is 13.1. The highest BCUT2D eigenvalue weighted by molar-refractivity contribution is 7.47. The number of hydrogen-bond donors (Lipinski definition) is 3. The lowest BCUT2D eigenvalue weighted by atomic mass is 10.0. The van der Waals surface area contributed by atoms with Gasteiger partial charge in [0, 0.05) is 25.7 Å². The summed E-state index contributed by atoms with van der Waals surface area (Å²) in [5.74, 6) is 0.274. The molecule has 0 aromatic rings. The predicted octanol–water partition coefficient (Wildman–Crippen LogP) is 23.4. The zero-order valence-electron chi connectivity index (χ0n) is 64.3. The molecule has 0 fully saturated rings. The van der Waals surface area contributed by atoms with Crippen molar-refractivity contribution in [2.75, 3.05) is 39.6 Å². The van der Waals surface area contributed by atoms with E-state index in [0.29, 0.717) is 25.7 Å². The van der Waals surface area contributed by atoms with Crippen LogP contribution in [-0.4, -0.2) is 96.7 Å². The molecule has 0 radical (unpaired) electrons. The zero-order valence-corrected chi connectivity index (χ0v) is 66.0. The van der Waals surface area contributed by atoms with Crippen LogP contribution < -0.4 is 0 Å². The Labute approximate surface area is 600 Å². The van der Waals surface area contributed by atoms with Gasteiger partial charge in [-0.05, 0) is 43.4 Å². The van der Waals surface area contributed by atoms with E-state index in [9.17, 15) is 43.2 Å². The molecule has 17 nitrogen and oxygen atoms in total. The third-order valence-electron chi connectivity index (χ3n) is 18.4. The molecule has 0 amide bonds. The minimum Gasteiger partial charge on any atom is -0.462 e. The Morgan fingerprint density at radius 1 is 0.276 bits per heavy atom. The molecular formula is C79H154O17P2. The molecule has 19 heteroatoms. The maximum absolute atomic E-state index is 13.1. The smallest absolute Gasteiger partial charge is 0.462 e. The first-order chi connectivity index (χ1) is 47.2. The number of rotatable bonds is 77. The van der Waals surface area contributed by atoms with Crippen LogP contribution in [-0.2, 0) is 65.4 Å². The van der Waals surface area contributed by atoms with Gasteiger partial charge in [-0.1, -0.05) is 357 Å². The number of esters is 4. The quantitative estimate of drug-likeness (QED) is 0.0222. The average Bonchev–Trinajstić information content (AvgIpc) is 1.02. The van der Waals surface area contributed by atoms with E-state index < -0.39 is 97.5 Å². The SMILES string of the molecule is CCCCCCCC(=O)OC[C@H](COP(=O)(O)OC[C@H](O)COP(=O)(O)OC[C@@H](COC(=O)CCCCCCCCCCCCCCCC(C)C)OC(=O)CCCCCCCCCCCCCCCCCCCCC(C)C)OC(=O)CCCCCCCCCCCCCCCC(C)C. The third kappa shape index (κ3) is 72.4. The second-order valence-corrected chi connectivity index (χ2v) is 32.8. The van der Waals surface area contributed by atoms with Crippen molar-refractivity contribution in [3.8, 4) is 0 Å². The first-order valence-electron chi connectivity index (χ1n) is 40.8. The standard InChI is InChI=1S/C79H154O17P2/c1-8-9-10-43-53-60-76(81)89-66-74(95-78(83)62-56-49-42-36-30-24-18-21-27-33-39-46-52-59-72(6)7)68-93-97(85,86)91-64-73(80)65-92-98(87,88)94-69-75(67-90-77(82)61-54-47-40-34-28-23-17-20-26-32-38-45-51-58-71(4)5)96-79(84)63-55-48-41-35-29-22-16-14-12-11-13-15-19-25-31-37-44-50-57-70(2)3/h70-75,80H,8-69H2,1-7H3,(H,85,86)(H,87,88)/t73-,74+,75+/m0/s1. The highest BCUT2D eigenvalue weighted by Crippen LogP contribution is 2.45. The van der Waals surface area contributed by atoms with Crippen LogP contribution in [0.4, 0.5) is 0 Å². The molecule has 0 rings (SSSR count). The molecule has 3 N–H and O–H groups in total. The lowest BCUT2D eigenvalue weighted by Crippen LogP contribution is -2.30. The van der Waals surface area contributed by atoms with Crippen molar-refractivity contribution >= 4 is 39.5 Å². The number of unbranched alkanes of at least 4 members (excludes halogenated alkanes) is 45. The van der Waals surface area contributed by atoms with Crippen molar-refractivity contribution in [1.29, 1.82) is 0 Å². The summed E-state index contributed by atoms with van der Waals surface area (Å²) in [5.41, 5.74) is 0. The van der Waals surface area contributed by atoms with Gasteiger partial charge in [-0.2, -0.15) is 0 Å². The summed E-state index contributed by atoms with van der Waals surface area (Å²) in [4.78, 5) is 72.6. The first-order valence-corrected chi connectivity index (χ1v) is 43.8. The summed E-state index contributed by atoms with van der Waals surface area (Å²) in [6.45, 7) is 11.9. The summed E-state index contributed by atoms with van der Waals surface area (Å²) >= 11 is 0. The van der Waals surface area contributed by atoms with Crippen LogP contribution in [0.25, 0.3) is 0 Å². The fourth-order valence-electron chi connectivity index (χ4n) is 12.1. The van der Waals surface area contributed by atoms with E-state index in [0.717, 1.165) is 114 Å². The van der Waals surface area contributed by atoms with Gasteiger partial charge in [-0.3, -0.25) is 37.3 Å². The van der Waals surface area contributed by atoms with E-state index in [4.69, 9.17) is 37.0 Å². The summed E-state index contributed by atoms with van der Waals surface area (Å²) < 4.78 is 68.4. The largest absolute Gasteiger partial charge is 0.472 e. The molecule has 582 valence electrons. The fraction of sp³-hybridized carbons (Fsp3) is 0.949. The number of carbonyl (C=O) groups is 4. The van der Waals surface area contributed by atoms with Crippen molar-refractivity contribution in [3.63, 3.8) is 0 Å². The van der Waals surface area contributed by atoms with Gasteiger partial charge in [0.05, 0.1) is 26.4 Å². The third-order valence-corrected chi connectivity index (χ3v) is 20.3. The molecule has 98 heavy (non-hydrogen) atoms. The molecule has 0 saturated heterocycles. The monoisotopic (exact) mass is 1440 g/mol. The Hall–Kier alpha value is -1.94. The van der Waals surface area contributed by atoms with Gasteiger partial charge >= 0.3 is 39.5 Å². The molecule has 0 aromatic heterocycles. The Bertz CT molecular complexity index is 1900. The molecule has 0 bridgehead atoms. The number of aliphatic hydroxyl groups excluding tert-OH is 1. The van der Waals surface area contributed by atoms with Crippen molar-refractivity contribution in [1.82, 2.24) is 0 Å². The molecule has 0 aromatic carbocycles. The molecule has 0 heterocycles. The molecule has 0 saturated carbocycles. The van der Waals surface area contributed by atoms with Crippen LogP contribution in [0.1, 0.15) is 408 Å². The predicted molar refractivity (Wildman–Crippen MR) is 400 cm³/mol. The Morgan fingerprint density at radius 3 is 0.694 bits per heavy atom.